The first-order valence-corrected chi connectivity index (χ1v) is 9.93. The molecule has 1 saturated carbocycles. The number of aliphatic hydroxyl groups is 1. The molecule has 1 N–H and O–H groups in total. The van der Waals surface area contributed by atoms with Crippen LogP contribution in [0.2, 0.25) is 0 Å². The predicted molar refractivity (Wildman–Crippen MR) is 106 cm³/mol. The van der Waals surface area contributed by atoms with Crippen LogP contribution in [0.5, 0.6) is 0 Å². The average Bonchev–Trinajstić information content (AvgIpc) is 3.03. The molecule has 4 aliphatic carbocycles. The second-order valence-corrected chi connectivity index (χ2v) is 8.91. The second-order valence-electron chi connectivity index (χ2n) is 8.91. The lowest BCUT2D eigenvalue weighted by atomic mass is 9.50. The van der Waals surface area contributed by atoms with Gasteiger partial charge in [-0.3, -0.25) is 9.78 Å². The molecule has 0 saturated heterocycles. The van der Waals surface area contributed by atoms with Crippen LogP contribution in [0.4, 0.5) is 0 Å². The Hall–Kier alpha value is -2.42. The number of Topliss-reactive ketones (excluding diaryl/α,β-unsaturated/α-hetero) is 1. The molecule has 0 amide bonds. The van der Waals surface area contributed by atoms with Gasteiger partial charge in [0, 0.05) is 41.1 Å². The lowest BCUT2D eigenvalue weighted by Gasteiger charge is -2.53. The van der Waals surface area contributed by atoms with Crippen molar-refractivity contribution in [3.63, 3.8) is 0 Å². The molecule has 4 atom stereocenters. The highest BCUT2D eigenvalue weighted by atomic mass is 16.3. The van der Waals surface area contributed by atoms with E-state index in [1.165, 1.54) is 16.7 Å². The van der Waals surface area contributed by atoms with Crippen molar-refractivity contribution in [1.29, 1.82) is 0 Å². The molecule has 0 radical (unpaired) electrons. The average molecular weight is 359 g/mol. The zero-order chi connectivity index (χ0) is 18.8. The van der Waals surface area contributed by atoms with E-state index < -0.39 is 0 Å². The molecule has 0 aromatic carbocycles. The fraction of sp³-hybridized carbons (Fsp3) is 0.417. The van der Waals surface area contributed by atoms with Crippen molar-refractivity contribution in [2.75, 3.05) is 0 Å². The summed E-state index contributed by atoms with van der Waals surface area (Å²) in [5.74, 6) is 0.700. The summed E-state index contributed by atoms with van der Waals surface area (Å²) < 4.78 is 0. The number of carbonyl (C=O) groups is 1. The van der Waals surface area contributed by atoms with E-state index in [0.29, 0.717) is 18.3 Å². The Morgan fingerprint density at radius 3 is 2.85 bits per heavy atom. The second kappa shape index (κ2) is 5.54. The number of carbonyl (C=O) groups excluding carboxylic acids is 1. The quantitative estimate of drug-likeness (QED) is 0.751. The number of pyridine rings is 1. The van der Waals surface area contributed by atoms with Gasteiger partial charge in [-0.05, 0) is 42.4 Å². The maximum Gasteiger partial charge on any atom is 0.197 e. The molecule has 1 fully saturated rings. The molecule has 0 aliphatic heterocycles. The minimum atomic E-state index is -0.114. The first-order chi connectivity index (χ1) is 12.9. The summed E-state index contributed by atoms with van der Waals surface area (Å²) in [4.78, 5) is 16.3. The highest BCUT2D eigenvalue weighted by Crippen LogP contribution is 2.63. The standard InChI is InChI=1S/C24H25NO2/c1-23-11-9-19-16(5-6-20-22(27)21(26)10-12-24(19,20)2)18(23)8-7-17(23)15-4-3-13-25-14-15/h3-8,13-14,16,19,27H,9-12H2,1-2H3/t16-,19-,23+,24+/m0/s1. The Morgan fingerprint density at radius 2 is 2.07 bits per heavy atom. The number of rotatable bonds is 1. The third-order valence-electron chi connectivity index (χ3n) is 7.68. The molecule has 1 aromatic heterocycles. The van der Waals surface area contributed by atoms with Crippen LogP contribution < -0.4 is 0 Å². The van der Waals surface area contributed by atoms with Gasteiger partial charge in [-0.1, -0.05) is 49.8 Å². The largest absolute Gasteiger partial charge is 0.504 e. The van der Waals surface area contributed by atoms with Crippen LogP contribution in [0.25, 0.3) is 5.57 Å². The fourth-order valence-electron chi connectivity index (χ4n) is 6.09. The van der Waals surface area contributed by atoms with E-state index in [9.17, 15) is 9.90 Å². The van der Waals surface area contributed by atoms with Gasteiger partial charge < -0.3 is 5.11 Å². The summed E-state index contributed by atoms with van der Waals surface area (Å²) in [5, 5.41) is 10.4. The molecule has 5 rings (SSSR count). The summed E-state index contributed by atoms with van der Waals surface area (Å²) in [6, 6.07) is 4.15. The molecular formula is C24H25NO2. The Kier molecular flexibility index (Phi) is 3.43. The van der Waals surface area contributed by atoms with Crippen LogP contribution in [0.3, 0.4) is 0 Å². The molecular weight excluding hydrogens is 334 g/mol. The monoisotopic (exact) mass is 359 g/mol. The summed E-state index contributed by atoms with van der Waals surface area (Å²) in [6.07, 6.45) is 16.1. The number of hydrogen-bond acceptors (Lipinski definition) is 3. The minimum absolute atomic E-state index is 0.00126. The van der Waals surface area contributed by atoms with Gasteiger partial charge in [0.25, 0.3) is 0 Å². The zero-order valence-corrected chi connectivity index (χ0v) is 15.9. The van der Waals surface area contributed by atoms with E-state index in [2.05, 4.69) is 43.1 Å². The van der Waals surface area contributed by atoms with Gasteiger partial charge in [0.1, 0.15) is 0 Å². The molecule has 4 aliphatic rings. The maximum absolute atomic E-state index is 12.0. The van der Waals surface area contributed by atoms with Gasteiger partial charge >= 0.3 is 0 Å². The number of ketones is 1. The van der Waals surface area contributed by atoms with Crippen molar-refractivity contribution < 1.29 is 9.90 Å². The summed E-state index contributed by atoms with van der Waals surface area (Å²) in [7, 11) is 0. The Bertz CT molecular complexity index is 952. The van der Waals surface area contributed by atoms with E-state index >= 15 is 0 Å². The number of aromatic nitrogens is 1. The van der Waals surface area contributed by atoms with Gasteiger partial charge in [0.05, 0.1) is 0 Å². The first-order valence-electron chi connectivity index (χ1n) is 9.93. The van der Waals surface area contributed by atoms with Crippen molar-refractivity contribution in [2.24, 2.45) is 22.7 Å². The van der Waals surface area contributed by atoms with Crippen molar-refractivity contribution in [2.45, 2.75) is 39.5 Å². The molecule has 0 spiro atoms. The van der Waals surface area contributed by atoms with Crippen LogP contribution in [-0.2, 0) is 4.79 Å². The van der Waals surface area contributed by atoms with Gasteiger partial charge in [-0.25, -0.2) is 0 Å². The van der Waals surface area contributed by atoms with Gasteiger partial charge in [0.15, 0.2) is 11.5 Å². The highest BCUT2D eigenvalue weighted by molar-refractivity contribution is 5.95. The number of nitrogens with zero attached hydrogens (tertiary/aromatic N) is 1. The number of fused-ring (bicyclic) bond motifs is 5. The van der Waals surface area contributed by atoms with Crippen molar-refractivity contribution >= 4 is 11.4 Å². The normalized spacial score (nSPS) is 37.3. The smallest absolute Gasteiger partial charge is 0.197 e. The van der Waals surface area contributed by atoms with E-state index in [1.54, 1.807) is 0 Å². The van der Waals surface area contributed by atoms with E-state index in [4.69, 9.17) is 0 Å². The van der Waals surface area contributed by atoms with Crippen LogP contribution in [0.1, 0.15) is 45.1 Å². The summed E-state index contributed by atoms with van der Waals surface area (Å²) >= 11 is 0. The highest BCUT2D eigenvalue weighted by Gasteiger charge is 2.54. The Morgan fingerprint density at radius 1 is 1.22 bits per heavy atom. The topological polar surface area (TPSA) is 50.2 Å². The van der Waals surface area contributed by atoms with E-state index in [1.807, 2.05) is 24.5 Å². The fourth-order valence-corrected chi connectivity index (χ4v) is 6.09. The first kappa shape index (κ1) is 16.7. The SMILES string of the molecule is C[C@]12CC[C@H]3[C@@H](C=CC4=C(O)C(=O)CC[C@@]43C)C1=CC=C2c1cccnc1. The lowest BCUT2D eigenvalue weighted by Crippen LogP contribution is -2.46. The molecule has 27 heavy (non-hydrogen) atoms. The van der Waals surface area contributed by atoms with Crippen molar-refractivity contribution in [3.8, 4) is 0 Å². The molecule has 0 bridgehead atoms. The number of allylic oxidation sites excluding steroid dienone is 8. The number of hydrogen-bond donors (Lipinski definition) is 1. The van der Waals surface area contributed by atoms with Crippen molar-refractivity contribution in [1.82, 2.24) is 4.98 Å². The predicted octanol–water partition coefficient (Wildman–Crippen LogP) is 5.19. The molecule has 1 aromatic rings. The summed E-state index contributed by atoms with van der Waals surface area (Å²) in [5.41, 5.74) is 4.84. The number of aliphatic hydroxyl groups excluding tert-OH is 1. The lowest BCUT2D eigenvalue weighted by molar-refractivity contribution is -0.120. The molecule has 1 heterocycles. The van der Waals surface area contributed by atoms with Crippen LogP contribution in [-0.4, -0.2) is 15.9 Å². The van der Waals surface area contributed by atoms with Gasteiger partial charge in [-0.15, -0.1) is 0 Å². The van der Waals surface area contributed by atoms with E-state index in [0.717, 1.165) is 24.8 Å². The Balaban J connectivity index is 1.56. The molecule has 138 valence electrons. The third-order valence-corrected chi connectivity index (χ3v) is 7.68. The zero-order valence-electron chi connectivity index (χ0n) is 15.9. The van der Waals surface area contributed by atoms with E-state index in [-0.39, 0.29) is 22.4 Å². The van der Waals surface area contributed by atoms with Crippen LogP contribution in [0.15, 0.2) is 65.7 Å². The van der Waals surface area contributed by atoms with Gasteiger partial charge in [0.2, 0.25) is 0 Å². The minimum Gasteiger partial charge on any atom is -0.504 e. The van der Waals surface area contributed by atoms with Crippen LogP contribution >= 0.6 is 0 Å². The molecule has 3 heteroatoms. The van der Waals surface area contributed by atoms with Crippen LogP contribution in [0, 0.1) is 22.7 Å². The third kappa shape index (κ3) is 2.14. The molecule has 0 unspecified atom stereocenters. The summed E-state index contributed by atoms with van der Waals surface area (Å²) in [6.45, 7) is 4.62. The van der Waals surface area contributed by atoms with Gasteiger partial charge in [-0.2, -0.15) is 0 Å². The van der Waals surface area contributed by atoms with Crippen molar-refractivity contribution in [3.05, 3.63) is 71.3 Å². The maximum atomic E-state index is 12.0. The molecule has 3 nitrogen and oxygen atoms in total. The Labute approximate surface area is 160 Å².